The summed E-state index contributed by atoms with van der Waals surface area (Å²) in [5.41, 5.74) is 6.19. The van der Waals surface area contributed by atoms with Crippen LogP contribution in [-0.2, 0) is 11.2 Å². The van der Waals surface area contributed by atoms with Crippen molar-refractivity contribution in [1.82, 2.24) is 10.1 Å². The van der Waals surface area contributed by atoms with Crippen LogP contribution >= 0.6 is 11.3 Å². The first kappa shape index (κ1) is 13.3. The molecule has 2 rings (SSSR count). The van der Waals surface area contributed by atoms with Gasteiger partial charge in [-0.2, -0.15) is 4.98 Å². The summed E-state index contributed by atoms with van der Waals surface area (Å²) in [5, 5.41) is 7.66. The van der Waals surface area contributed by atoms with Crippen molar-refractivity contribution in [3.8, 4) is 0 Å². The molecule has 0 aliphatic rings. The standard InChI is InChI=1S/C11H14N4O3S/c1-2-17-11(16)10-7(12)5-9(19-10)13-4-3-8-14-6-18-15-8/h5-6,13H,2-4,12H2,1H3. The molecular weight excluding hydrogens is 268 g/mol. The molecule has 2 aromatic rings. The van der Waals surface area contributed by atoms with Gasteiger partial charge in [0.05, 0.1) is 17.3 Å². The molecule has 0 aliphatic heterocycles. The quantitative estimate of drug-likeness (QED) is 0.774. The third-order valence-electron chi connectivity index (χ3n) is 2.28. The molecule has 3 N–H and O–H groups in total. The molecular formula is C11H14N4O3S. The Bertz CT molecular complexity index is 538. The Hall–Kier alpha value is -2.09. The third kappa shape index (κ3) is 3.44. The number of ether oxygens (including phenoxy) is 1. The summed E-state index contributed by atoms with van der Waals surface area (Å²) in [7, 11) is 0. The van der Waals surface area contributed by atoms with Crippen molar-refractivity contribution in [2.45, 2.75) is 13.3 Å². The number of carbonyl (C=O) groups is 1. The van der Waals surface area contributed by atoms with E-state index in [-0.39, 0.29) is 0 Å². The number of esters is 1. The molecule has 19 heavy (non-hydrogen) atoms. The second kappa shape index (κ2) is 6.19. The SMILES string of the molecule is CCOC(=O)c1sc(NCCc2ncon2)cc1N. The van der Waals surface area contributed by atoms with E-state index in [0.717, 1.165) is 5.00 Å². The van der Waals surface area contributed by atoms with E-state index in [0.29, 0.717) is 36.0 Å². The van der Waals surface area contributed by atoms with Crippen LogP contribution in [0.15, 0.2) is 17.0 Å². The number of thiophene rings is 1. The summed E-state index contributed by atoms with van der Waals surface area (Å²) in [6, 6.07) is 1.72. The second-order valence-electron chi connectivity index (χ2n) is 3.64. The average molecular weight is 282 g/mol. The van der Waals surface area contributed by atoms with Crippen molar-refractivity contribution in [2.75, 3.05) is 24.2 Å². The van der Waals surface area contributed by atoms with Crippen molar-refractivity contribution in [2.24, 2.45) is 0 Å². The number of rotatable bonds is 6. The van der Waals surface area contributed by atoms with Gasteiger partial charge in [-0.15, -0.1) is 11.3 Å². The second-order valence-corrected chi connectivity index (χ2v) is 4.69. The number of anilines is 2. The Morgan fingerprint density at radius 3 is 3.16 bits per heavy atom. The summed E-state index contributed by atoms with van der Waals surface area (Å²) in [4.78, 5) is 15.9. The number of aromatic nitrogens is 2. The summed E-state index contributed by atoms with van der Waals surface area (Å²) in [5.74, 6) is 0.235. The van der Waals surface area contributed by atoms with Crippen LogP contribution in [0, 0.1) is 0 Å². The lowest BCUT2D eigenvalue weighted by Gasteiger charge is -2.00. The Labute approximate surface area is 113 Å². The highest BCUT2D eigenvalue weighted by Crippen LogP contribution is 2.29. The van der Waals surface area contributed by atoms with Crippen molar-refractivity contribution >= 4 is 28.0 Å². The predicted molar refractivity (Wildman–Crippen MR) is 71.2 cm³/mol. The van der Waals surface area contributed by atoms with E-state index in [1.165, 1.54) is 17.7 Å². The number of nitrogens with one attached hydrogen (secondary N) is 1. The highest BCUT2D eigenvalue weighted by molar-refractivity contribution is 7.18. The zero-order valence-corrected chi connectivity index (χ0v) is 11.2. The van der Waals surface area contributed by atoms with Crippen molar-refractivity contribution in [1.29, 1.82) is 0 Å². The van der Waals surface area contributed by atoms with Crippen LogP contribution in [0.4, 0.5) is 10.7 Å². The van der Waals surface area contributed by atoms with Crippen molar-refractivity contribution in [3.63, 3.8) is 0 Å². The Morgan fingerprint density at radius 2 is 2.47 bits per heavy atom. The van der Waals surface area contributed by atoms with Crippen LogP contribution in [-0.4, -0.2) is 29.3 Å². The smallest absolute Gasteiger partial charge is 0.350 e. The van der Waals surface area contributed by atoms with E-state index < -0.39 is 5.97 Å². The van der Waals surface area contributed by atoms with Crippen LogP contribution in [0.3, 0.4) is 0 Å². The molecule has 0 amide bonds. The van der Waals surface area contributed by atoms with E-state index in [9.17, 15) is 4.79 Å². The Kier molecular flexibility index (Phi) is 4.35. The molecule has 0 radical (unpaired) electrons. The van der Waals surface area contributed by atoms with E-state index in [2.05, 4.69) is 20.0 Å². The van der Waals surface area contributed by atoms with Gasteiger partial charge in [0, 0.05) is 13.0 Å². The number of nitrogen functional groups attached to an aromatic ring is 1. The first-order valence-corrected chi connectivity index (χ1v) is 6.58. The Balaban J connectivity index is 1.90. The maximum Gasteiger partial charge on any atom is 0.350 e. The fourth-order valence-corrected chi connectivity index (χ4v) is 2.35. The predicted octanol–water partition coefficient (Wildman–Crippen LogP) is 1.54. The maximum atomic E-state index is 11.6. The van der Waals surface area contributed by atoms with Crippen LogP contribution < -0.4 is 11.1 Å². The summed E-state index contributed by atoms with van der Waals surface area (Å²) >= 11 is 1.27. The molecule has 102 valence electrons. The molecule has 0 unspecified atom stereocenters. The van der Waals surface area contributed by atoms with Crippen LogP contribution in [0.2, 0.25) is 0 Å². The lowest BCUT2D eigenvalue weighted by Crippen LogP contribution is -2.04. The van der Waals surface area contributed by atoms with Crippen LogP contribution in [0.5, 0.6) is 0 Å². The Morgan fingerprint density at radius 1 is 1.63 bits per heavy atom. The number of hydrogen-bond donors (Lipinski definition) is 2. The van der Waals surface area contributed by atoms with Gasteiger partial charge in [-0.1, -0.05) is 5.16 Å². The third-order valence-corrected chi connectivity index (χ3v) is 3.37. The van der Waals surface area contributed by atoms with E-state index in [1.807, 2.05) is 0 Å². The first-order chi connectivity index (χ1) is 9.20. The summed E-state index contributed by atoms with van der Waals surface area (Å²) < 4.78 is 9.55. The molecule has 0 atom stereocenters. The molecule has 0 saturated heterocycles. The van der Waals surface area contributed by atoms with Gasteiger partial charge in [-0.25, -0.2) is 4.79 Å². The lowest BCUT2D eigenvalue weighted by molar-refractivity contribution is 0.0533. The largest absolute Gasteiger partial charge is 0.462 e. The molecule has 0 aromatic carbocycles. The van der Waals surface area contributed by atoms with Gasteiger partial charge in [-0.3, -0.25) is 0 Å². The summed E-state index contributed by atoms with van der Waals surface area (Å²) in [6.45, 7) is 2.71. The molecule has 0 aliphatic carbocycles. The number of nitrogens with two attached hydrogens (primary N) is 1. The van der Waals surface area contributed by atoms with Gasteiger partial charge in [0.25, 0.3) is 0 Å². The van der Waals surface area contributed by atoms with Crippen LogP contribution in [0.25, 0.3) is 0 Å². The van der Waals surface area contributed by atoms with Gasteiger partial charge in [0.15, 0.2) is 5.82 Å². The summed E-state index contributed by atoms with van der Waals surface area (Å²) in [6.07, 6.45) is 1.92. The minimum absolute atomic E-state index is 0.330. The minimum atomic E-state index is -0.392. The van der Waals surface area contributed by atoms with Crippen molar-refractivity contribution < 1.29 is 14.1 Å². The van der Waals surface area contributed by atoms with Crippen molar-refractivity contribution in [3.05, 3.63) is 23.2 Å². The molecule has 7 nitrogen and oxygen atoms in total. The van der Waals surface area contributed by atoms with E-state index in [1.54, 1.807) is 13.0 Å². The van der Waals surface area contributed by atoms with E-state index in [4.69, 9.17) is 10.5 Å². The zero-order valence-electron chi connectivity index (χ0n) is 10.4. The number of carbonyl (C=O) groups excluding carboxylic acids is 1. The minimum Gasteiger partial charge on any atom is -0.462 e. The normalized spacial score (nSPS) is 10.4. The maximum absolute atomic E-state index is 11.6. The van der Waals surface area contributed by atoms with Gasteiger partial charge in [0.1, 0.15) is 4.88 Å². The topological polar surface area (TPSA) is 103 Å². The van der Waals surface area contributed by atoms with Gasteiger partial charge in [0.2, 0.25) is 6.39 Å². The van der Waals surface area contributed by atoms with E-state index >= 15 is 0 Å². The fraction of sp³-hybridized carbons (Fsp3) is 0.364. The molecule has 2 heterocycles. The van der Waals surface area contributed by atoms with Gasteiger partial charge >= 0.3 is 5.97 Å². The number of nitrogens with zero attached hydrogens (tertiary/aromatic N) is 2. The zero-order chi connectivity index (χ0) is 13.7. The highest BCUT2D eigenvalue weighted by atomic mass is 32.1. The fourth-order valence-electron chi connectivity index (χ4n) is 1.45. The molecule has 0 spiro atoms. The molecule has 2 aromatic heterocycles. The highest BCUT2D eigenvalue weighted by Gasteiger charge is 2.15. The molecule has 0 saturated carbocycles. The molecule has 0 bridgehead atoms. The first-order valence-electron chi connectivity index (χ1n) is 5.76. The van der Waals surface area contributed by atoms with Gasteiger partial charge < -0.3 is 20.3 Å². The van der Waals surface area contributed by atoms with Gasteiger partial charge in [-0.05, 0) is 13.0 Å². The molecule has 8 heteroatoms. The van der Waals surface area contributed by atoms with Crippen LogP contribution in [0.1, 0.15) is 22.4 Å². The number of hydrogen-bond acceptors (Lipinski definition) is 8. The average Bonchev–Trinajstić information content (AvgIpc) is 2.99. The lowest BCUT2D eigenvalue weighted by atomic mass is 10.4. The monoisotopic (exact) mass is 282 g/mol. The molecule has 0 fully saturated rings.